The summed E-state index contributed by atoms with van der Waals surface area (Å²) in [6.07, 6.45) is 3.77. The van der Waals surface area contributed by atoms with Crippen molar-refractivity contribution >= 4 is 78.8 Å². The van der Waals surface area contributed by atoms with E-state index in [0.717, 1.165) is 0 Å². The van der Waals surface area contributed by atoms with Crippen molar-refractivity contribution in [1.29, 1.82) is 0 Å². The summed E-state index contributed by atoms with van der Waals surface area (Å²) in [6.45, 7) is 4.86. The number of hydrogen-bond donors (Lipinski definition) is 2. The van der Waals surface area contributed by atoms with Gasteiger partial charge in [-0.05, 0) is 58.0 Å². The van der Waals surface area contributed by atoms with E-state index in [1.54, 1.807) is 31.5 Å². The van der Waals surface area contributed by atoms with Gasteiger partial charge in [-0.3, -0.25) is 4.79 Å². The summed E-state index contributed by atoms with van der Waals surface area (Å²) >= 11 is 12.9. The number of Topliss-reactive ketones (excluding diaryl/α,β-unsaturated/α-hetero) is 1. The van der Waals surface area contributed by atoms with E-state index in [9.17, 15) is 9.59 Å². The molecule has 0 aliphatic rings. The Balaban J connectivity index is -0.0000000753. The second-order valence-electron chi connectivity index (χ2n) is 4.29. The van der Waals surface area contributed by atoms with Crippen molar-refractivity contribution < 1.29 is 14.7 Å². The van der Waals surface area contributed by atoms with E-state index in [-0.39, 0.29) is 18.2 Å². The maximum absolute atomic E-state index is 10.7. The number of hydrogen-bond acceptors (Lipinski definition) is 6. The van der Waals surface area contributed by atoms with Crippen molar-refractivity contribution in [2.45, 2.75) is 13.3 Å². The summed E-state index contributed by atoms with van der Waals surface area (Å²) < 4.78 is 2.44. The van der Waals surface area contributed by atoms with Crippen LogP contribution in [0, 0.1) is 6.92 Å². The van der Waals surface area contributed by atoms with E-state index in [1.165, 1.54) is 6.92 Å². The van der Waals surface area contributed by atoms with Crippen LogP contribution in [0.5, 0.6) is 0 Å². The predicted molar refractivity (Wildman–Crippen MR) is 117 cm³/mol. The number of halogens is 1. The Morgan fingerprint density at radius 3 is 1.52 bits per heavy atom. The van der Waals surface area contributed by atoms with E-state index in [1.807, 2.05) is 18.4 Å². The number of nitrogens with zero attached hydrogens (tertiary/aromatic N) is 1. The minimum absolute atomic E-state index is 0. The first-order valence-corrected chi connectivity index (χ1v) is 9.61. The molecular formula is C13H28ClN2O3S4+. The second-order valence-corrected chi connectivity index (χ2v) is 8.99. The van der Waals surface area contributed by atoms with Gasteiger partial charge in [-0.15, -0.1) is 12.4 Å². The molecule has 0 aromatic heterocycles. The van der Waals surface area contributed by atoms with Gasteiger partial charge in [-0.2, -0.15) is 0 Å². The number of nitrogens with one attached hydrogen (secondary N) is 1. The molecule has 0 rings (SSSR count). The lowest BCUT2D eigenvalue weighted by Gasteiger charge is -2.30. The third-order valence-electron chi connectivity index (χ3n) is 1.59. The molecule has 0 atom stereocenters. The molecule has 23 heavy (non-hydrogen) atoms. The molecule has 2 N–H and O–H groups in total. The molecule has 0 radical (unpaired) electrons. The van der Waals surface area contributed by atoms with Crippen LogP contribution < -0.4 is 5.32 Å². The van der Waals surface area contributed by atoms with Crippen molar-refractivity contribution in [3.63, 3.8) is 0 Å². The summed E-state index contributed by atoms with van der Waals surface area (Å²) in [7, 11) is 5.48. The molecule has 0 aliphatic carbocycles. The Labute approximate surface area is 164 Å². The van der Waals surface area contributed by atoms with E-state index in [2.05, 4.69) is 36.7 Å². The van der Waals surface area contributed by atoms with E-state index in [0.29, 0.717) is 10.7 Å². The minimum Gasteiger partial charge on any atom is -0.474 e. The highest BCUT2D eigenvalue weighted by molar-refractivity contribution is 8.58. The van der Waals surface area contributed by atoms with Crippen molar-refractivity contribution in [3.8, 4) is 0 Å². The Morgan fingerprint density at radius 2 is 1.48 bits per heavy atom. The fourth-order valence-corrected chi connectivity index (χ4v) is 1.81. The van der Waals surface area contributed by atoms with Crippen LogP contribution in [0.1, 0.15) is 13.3 Å². The highest BCUT2D eigenvalue weighted by atomic mass is 35.5. The number of rotatable bonds is 1. The molecule has 0 spiro atoms. The zero-order chi connectivity index (χ0) is 18.9. The molecule has 0 saturated carbocycles. The van der Waals surface area contributed by atoms with Crippen LogP contribution in [-0.2, 0) is 4.79 Å². The minimum atomic E-state index is -1.80. The quantitative estimate of drug-likeness (QED) is 0.489. The topological polar surface area (TPSA) is 69.6 Å². The molecular weight excluding hydrogens is 396 g/mol. The normalized spacial score (nSPS) is 8.65. The van der Waals surface area contributed by atoms with Gasteiger partial charge in [0.1, 0.15) is 10.7 Å². The Kier molecular flexibility index (Phi) is 32.2. The third kappa shape index (κ3) is 26.9. The summed E-state index contributed by atoms with van der Waals surface area (Å²) in [5.74, 6) is 0.144. The van der Waals surface area contributed by atoms with Crippen LogP contribution in [0.15, 0.2) is 0 Å². The van der Waals surface area contributed by atoms with Crippen molar-refractivity contribution in [1.82, 2.24) is 10.2 Å². The lowest BCUT2D eigenvalue weighted by molar-refractivity contribution is -0.116. The number of carbonyl (C=O) groups excluding carboxylic acids is 1. The van der Waals surface area contributed by atoms with Crippen molar-refractivity contribution in [2.24, 2.45) is 0 Å². The highest BCUT2D eigenvalue weighted by Gasteiger charge is 2.27. The average molecular weight is 424 g/mol. The molecule has 0 amide bonds. The molecule has 0 unspecified atom stereocenters. The van der Waals surface area contributed by atoms with Gasteiger partial charge in [0.05, 0.1) is 6.92 Å². The summed E-state index contributed by atoms with van der Waals surface area (Å²) in [6, 6.07) is 0. The SMILES string of the molecule is CN(C)C(=S)S(C)(C)C(=O)O.CNC.Cl.S=C=S.[CH2+]CC(C)=O. The summed E-state index contributed by atoms with van der Waals surface area (Å²) in [4.78, 5) is 22.1. The molecule has 0 saturated heterocycles. The van der Waals surface area contributed by atoms with Crippen LogP contribution in [-0.4, -0.2) is 70.4 Å². The average Bonchev–Trinajstić information content (AvgIpc) is 2.39. The number of carboxylic acid groups (broad SMARTS) is 1. The van der Waals surface area contributed by atoms with Gasteiger partial charge in [0.2, 0.25) is 0 Å². The number of thiocarbonyl (C=S) groups is 3. The lowest BCUT2D eigenvalue weighted by atomic mass is 10.4. The van der Waals surface area contributed by atoms with Gasteiger partial charge < -0.3 is 15.3 Å². The van der Waals surface area contributed by atoms with Gasteiger partial charge in [0.15, 0.2) is 5.78 Å². The first kappa shape index (κ1) is 34.1. The highest BCUT2D eigenvalue weighted by Crippen LogP contribution is 2.42. The van der Waals surface area contributed by atoms with Crippen LogP contribution in [0.25, 0.3) is 0 Å². The second kappa shape index (κ2) is 21.7. The molecule has 0 bridgehead atoms. The Morgan fingerprint density at radius 1 is 1.26 bits per heavy atom. The monoisotopic (exact) mass is 423 g/mol. The smallest absolute Gasteiger partial charge is 0.352 e. The zero-order valence-corrected chi connectivity index (χ0v) is 18.7. The van der Waals surface area contributed by atoms with Crippen molar-refractivity contribution in [3.05, 3.63) is 6.92 Å². The maximum atomic E-state index is 10.7. The van der Waals surface area contributed by atoms with Gasteiger partial charge in [0, 0.05) is 18.4 Å². The van der Waals surface area contributed by atoms with Gasteiger partial charge in [-0.25, -0.2) is 4.79 Å². The van der Waals surface area contributed by atoms with Crippen LogP contribution in [0.4, 0.5) is 4.79 Å². The summed E-state index contributed by atoms with van der Waals surface area (Å²) in [5.41, 5.74) is 0. The fraction of sp³-hybridized carbons (Fsp3) is 0.615. The molecule has 10 heteroatoms. The van der Waals surface area contributed by atoms with E-state index in [4.69, 9.17) is 17.3 Å². The Hall–Kier alpha value is -0.280. The van der Waals surface area contributed by atoms with Gasteiger partial charge in [0.25, 0.3) is 0 Å². The van der Waals surface area contributed by atoms with Gasteiger partial charge in [-0.1, -0.05) is 22.2 Å². The molecule has 138 valence electrons. The third-order valence-corrected chi connectivity index (χ3v) is 5.32. The number of ketones is 1. The molecule has 5 nitrogen and oxygen atoms in total. The van der Waals surface area contributed by atoms with E-state index < -0.39 is 15.3 Å². The maximum Gasteiger partial charge on any atom is 0.352 e. The van der Waals surface area contributed by atoms with Crippen LogP contribution in [0.3, 0.4) is 0 Å². The largest absolute Gasteiger partial charge is 0.474 e. The lowest BCUT2D eigenvalue weighted by Crippen LogP contribution is -2.28. The fourth-order valence-electron chi connectivity index (χ4n) is 0.531. The first-order valence-electron chi connectivity index (χ1n) is 5.94. The van der Waals surface area contributed by atoms with E-state index >= 15 is 0 Å². The van der Waals surface area contributed by atoms with Crippen molar-refractivity contribution in [2.75, 3.05) is 40.7 Å². The first-order chi connectivity index (χ1) is 9.90. The van der Waals surface area contributed by atoms with Gasteiger partial charge >= 0.3 is 5.30 Å². The van der Waals surface area contributed by atoms with Crippen LogP contribution in [0.2, 0.25) is 0 Å². The molecule has 0 fully saturated rings. The summed E-state index contributed by atoms with van der Waals surface area (Å²) in [5, 5.41) is 10.7. The molecule has 0 aromatic carbocycles. The molecule has 0 aromatic rings. The standard InChI is InChI=1S/C6H13NO2S2.C4H7O.C2H7N.CS2.ClH/c1-7(2)5(10)11(3,4)6(8)9;1-3-4(2)5;1-3-2;2-1-3;/h1-4H3,(H,8,9);1,3H2,2H3;3H,1-2H3;;1H/q;+1;;;. The zero-order valence-electron chi connectivity index (χ0n) is 14.7. The van der Waals surface area contributed by atoms with Crippen LogP contribution >= 0.6 is 59.1 Å². The predicted octanol–water partition coefficient (Wildman–Crippen LogP) is 3.65. The molecule has 0 aliphatic heterocycles. The Bertz CT molecular complexity index is 372. The number of carbonyl (C=O) groups is 2. The molecule has 0 heterocycles.